The van der Waals surface area contributed by atoms with Crippen LogP contribution in [-0.4, -0.2) is 21.5 Å². The number of nitrogens with zero attached hydrogens (tertiary/aromatic N) is 4. The maximum atomic E-state index is 8.39. The van der Waals surface area contributed by atoms with Crippen molar-refractivity contribution in [2.24, 2.45) is 5.73 Å². The second-order valence-corrected chi connectivity index (χ2v) is 2.12. The van der Waals surface area contributed by atoms with Crippen LogP contribution in [0.25, 0.3) is 0 Å². The van der Waals surface area contributed by atoms with E-state index in [1.807, 2.05) is 6.07 Å². The SMILES string of the molecule is N#Cc1cn(CCCN)nn1. The van der Waals surface area contributed by atoms with Gasteiger partial charge in [-0.15, -0.1) is 5.10 Å². The molecule has 58 valence electrons. The quantitative estimate of drug-likeness (QED) is 0.631. The number of aromatic nitrogens is 3. The molecule has 0 aliphatic rings. The molecule has 5 heteroatoms. The van der Waals surface area contributed by atoms with Crippen molar-refractivity contribution in [3.05, 3.63) is 11.9 Å². The van der Waals surface area contributed by atoms with Crippen LogP contribution < -0.4 is 5.73 Å². The molecule has 0 aromatic carbocycles. The second kappa shape index (κ2) is 3.68. The predicted octanol–water partition coefficient (Wildman–Crippen LogP) is -0.501. The maximum absolute atomic E-state index is 8.39. The molecular weight excluding hydrogens is 142 g/mol. The molecule has 0 spiro atoms. The molecule has 0 aliphatic heterocycles. The van der Waals surface area contributed by atoms with Crippen molar-refractivity contribution < 1.29 is 0 Å². The van der Waals surface area contributed by atoms with Crippen molar-refractivity contribution in [3.63, 3.8) is 0 Å². The van der Waals surface area contributed by atoms with Crippen molar-refractivity contribution in [1.29, 1.82) is 5.26 Å². The van der Waals surface area contributed by atoms with E-state index in [1.165, 1.54) is 0 Å². The fourth-order valence-corrected chi connectivity index (χ4v) is 0.712. The van der Waals surface area contributed by atoms with Crippen LogP contribution in [-0.2, 0) is 6.54 Å². The molecule has 0 fully saturated rings. The van der Waals surface area contributed by atoms with Gasteiger partial charge < -0.3 is 5.73 Å². The van der Waals surface area contributed by atoms with Gasteiger partial charge in [-0.05, 0) is 13.0 Å². The Morgan fingerprint density at radius 3 is 3.09 bits per heavy atom. The number of hydrogen-bond acceptors (Lipinski definition) is 4. The Kier molecular flexibility index (Phi) is 2.58. The summed E-state index contributed by atoms with van der Waals surface area (Å²) in [5, 5.41) is 15.7. The maximum Gasteiger partial charge on any atom is 0.182 e. The van der Waals surface area contributed by atoms with Gasteiger partial charge in [-0.3, -0.25) is 4.68 Å². The van der Waals surface area contributed by atoms with E-state index < -0.39 is 0 Å². The Hall–Kier alpha value is -1.41. The highest BCUT2D eigenvalue weighted by Crippen LogP contribution is 1.90. The van der Waals surface area contributed by atoms with Crippen LogP contribution in [0.5, 0.6) is 0 Å². The van der Waals surface area contributed by atoms with Gasteiger partial charge in [0.2, 0.25) is 0 Å². The van der Waals surface area contributed by atoms with Gasteiger partial charge >= 0.3 is 0 Å². The third kappa shape index (κ3) is 2.02. The second-order valence-electron chi connectivity index (χ2n) is 2.12. The van der Waals surface area contributed by atoms with E-state index in [0.717, 1.165) is 13.0 Å². The summed E-state index contributed by atoms with van der Waals surface area (Å²) in [5.74, 6) is 0. The lowest BCUT2D eigenvalue weighted by molar-refractivity contribution is 0.564. The number of hydrogen-bond donors (Lipinski definition) is 1. The Bertz CT molecular complexity index is 258. The lowest BCUT2D eigenvalue weighted by Gasteiger charge is -1.94. The molecule has 11 heavy (non-hydrogen) atoms. The Morgan fingerprint density at radius 1 is 1.73 bits per heavy atom. The lowest BCUT2D eigenvalue weighted by atomic mass is 10.4. The van der Waals surface area contributed by atoms with Crippen LogP contribution in [0.1, 0.15) is 12.1 Å². The fraction of sp³-hybridized carbons (Fsp3) is 0.500. The van der Waals surface area contributed by atoms with E-state index in [-0.39, 0.29) is 0 Å². The van der Waals surface area contributed by atoms with Crippen LogP contribution in [0, 0.1) is 11.3 Å². The molecule has 2 N–H and O–H groups in total. The molecule has 0 atom stereocenters. The molecular formula is C6H9N5. The molecule has 0 radical (unpaired) electrons. The fourth-order valence-electron chi connectivity index (χ4n) is 0.712. The van der Waals surface area contributed by atoms with Crippen LogP contribution in [0.2, 0.25) is 0 Å². The Morgan fingerprint density at radius 2 is 2.55 bits per heavy atom. The van der Waals surface area contributed by atoms with Crippen molar-refractivity contribution in [3.8, 4) is 6.07 Å². The monoisotopic (exact) mass is 151 g/mol. The van der Waals surface area contributed by atoms with E-state index in [4.69, 9.17) is 11.0 Å². The highest BCUT2D eigenvalue weighted by molar-refractivity contribution is 5.12. The molecule has 0 aliphatic carbocycles. The molecule has 0 unspecified atom stereocenters. The zero-order chi connectivity index (χ0) is 8.10. The van der Waals surface area contributed by atoms with Gasteiger partial charge in [-0.2, -0.15) is 5.26 Å². The lowest BCUT2D eigenvalue weighted by Crippen LogP contribution is -2.06. The minimum Gasteiger partial charge on any atom is -0.330 e. The summed E-state index contributed by atoms with van der Waals surface area (Å²) >= 11 is 0. The molecule has 1 aromatic rings. The first-order chi connectivity index (χ1) is 5.36. The van der Waals surface area contributed by atoms with Gasteiger partial charge in [0.05, 0.1) is 6.20 Å². The third-order valence-electron chi connectivity index (χ3n) is 1.24. The van der Waals surface area contributed by atoms with Gasteiger partial charge in [0.25, 0.3) is 0 Å². The smallest absolute Gasteiger partial charge is 0.182 e. The van der Waals surface area contributed by atoms with E-state index >= 15 is 0 Å². The Balaban J connectivity index is 2.53. The van der Waals surface area contributed by atoms with Crippen molar-refractivity contribution in [2.45, 2.75) is 13.0 Å². The average Bonchev–Trinajstić information content (AvgIpc) is 2.48. The number of nitriles is 1. The molecule has 1 heterocycles. The van der Waals surface area contributed by atoms with E-state index in [9.17, 15) is 0 Å². The first kappa shape index (κ1) is 7.69. The number of aryl methyl sites for hydroxylation is 1. The van der Waals surface area contributed by atoms with Crippen molar-refractivity contribution in [1.82, 2.24) is 15.0 Å². The summed E-state index contributed by atoms with van der Waals surface area (Å²) < 4.78 is 1.62. The summed E-state index contributed by atoms with van der Waals surface area (Å²) in [6.45, 7) is 1.35. The van der Waals surface area contributed by atoms with Crippen LogP contribution in [0.3, 0.4) is 0 Å². The van der Waals surface area contributed by atoms with Crippen LogP contribution >= 0.6 is 0 Å². The van der Waals surface area contributed by atoms with E-state index in [1.54, 1.807) is 10.9 Å². The Labute approximate surface area is 64.4 Å². The molecule has 1 aromatic heterocycles. The summed E-state index contributed by atoms with van der Waals surface area (Å²) in [6.07, 6.45) is 2.46. The molecule has 0 saturated heterocycles. The molecule has 1 rings (SSSR count). The average molecular weight is 151 g/mol. The summed E-state index contributed by atoms with van der Waals surface area (Å²) in [6, 6.07) is 1.90. The van der Waals surface area contributed by atoms with E-state index in [2.05, 4.69) is 10.3 Å². The first-order valence-corrected chi connectivity index (χ1v) is 3.37. The van der Waals surface area contributed by atoms with E-state index in [0.29, 0.717) is 12.2 Å². The summed E-state index contributed by atoms with van der Waals surface area (Å²) in [5.41, 5.74) is 5.64. The zero-order valence-corrected chi connectivity index (χ0v) is 6.06. The molecule has 0 saturated carbocycles. The first-order valence-electron chi connectivity index (χ1n) is 3.37. The van der Waals surface area contributed by atoms with Gasteiger partial charge in [0, 0.05) is 6.54 Å². The highest BCUT2D eigenvalue weighted by Gasteiger charge is 1.96. The van der Waals surface area contributed by atoms with Crippen LogP contribution in [0.4, 0.5) is 0 Å². The van der Waals surface area contributed by atoms with Crippen LogP contribution in [0.15, 0.2) is 6.20 Å². The topological polar surface area (TPSA) is 80.5 Å². The van der Waals surface area contributed by atoms with Gasteiger partial charge in [-0.1, -0.05) is 5.21 Å². The standard InChI is InChI=1S/C6H9N5/c7-2-1-3-11-5-6(4-8)9-10-11/h5H,1-3,7H2. The minimum atomic E-state index is 0.349. The van der Waals surface area contributed by atoms with Gasteiger partial charge in [-0.25, -0.2) is 0 Å². The van der Waals surface area contributed by atoms with Gasteiger partial charge in [0.15, 0.2) is 5.69 Å². The van der Waals surface area contributed by atoms with Crippen molar-refractivity contribution in [2.75, 3.05) is 6.54 Å². The minimum absolute atomic E-state index is 0.349. The predicted molar refractivity (Wildman–Crippen MR) is 38.4 cm³/mol. The largest absolute Gasteiger partial charge is 0.330 e. The van der Waals surface area contributed by atoms with Crippen molar-refractivity contribution >= 4 is 0 Å². The summed E-state index contributed by atoms with van der Waals surface area (Å²) in [7, 11) is 0. The van der Waals surface area contributed by atoms with Gasteiger partial charge in [0.1, 0.15) is 6.07 Å². The normalized spacial score (nSPS) is 9.45. The highest BCUT2D eigenvalue weighted by atomic mass is 15.4. The third-order valence-corrected chi connectivity index (χ3v) is 1.24. The number of nitrogens with two attached hydrogens (primary N) is 1. The molecule has 0 bridgehead atoms. The zero-order valence-electron chi connectivity index (χ0n) is 6.06. The molecule has 5 nitrogen and oxygen atoms in total. The number of rotatable bonds is 3. The summed E-state index contributed by atoms with van der Waals surface area (Å²) in [4.78, 5) is 0. The molecule has 0 amide bonds.